The summed E-state index contributed by atoms with van der Waals surface area (Å²) in [5, 5.41) is 0. The Bertz CT molecular complexity index is 324. The maximum absolute atomic E-state index is 12.9. The van der Waals surface area contributed by atoms with E-state index < -0.39 is 0 Å². The Morgan fingerprint density at radius 1 is 1.40 bits per heavy atom. The van der Waals surface area contributed by atoms with Crippen molar-refractivity contribution in [2.45, 2.75) is 24.2 Å². The molecule has 2 rings (SSSR count). The summed E-state index contributed by atoms with van der Waals surface area (Å²) >= 11 is 3.61. The summed E-state index contributed by atoms with van der Waals surface area (Å²) in [7, 11) is 0. The average molecular weight is 273 g/mol. The zero-order chi connectivity index (χ0) is 10.7. The maximum Gasteiger partial charge on any atom is 0.141 e. The molecule has 0 aliphatic carbocycles. The minimum absolute atomic E-state index is 0.247. The van der Waals surface area contributed by atoms with E-state index >= 15 is 0 Å². The molecule has 0 aromatic carbocycles. The number of rotatable bonds is 2. The topological polar surface area (TPSA) is 16.1 Å². The minimum atomic E-state index is -0.247. The van der Waals surface area contributed by atoms with Crippen LogP contribution in [0.2, 0.25) is 0 Å². The van der Waals surface area contributed by atoms with Gasteiger partial charge in [0, 0.05) is 17.6 Å². The van der Waals surface area contributed by atoms with Crippen molar-refractivity contribution in [2.24, 2.45) is 0 Å². The smallest absolute Gasteiger partial charge is 0.141 e. The van der Waals surface area contributed by atoms with Gasteiger partial charge in [0.25, 0.3) is 0 Å². The van der Waals surface area contributed by atoms with Crippen molar-refractivity contribution in [1.29, 1.82) is 0 Å². The quantitative estimate of drug-likeness (QED) is 0.770. The Kier molecular flexibility index (Phi) is 3.70. The third-order valence-corrected chi connectivity index (χ3v) is 3.60. The monoisotopic (exact) mass is 272 g/mol. The van der Waals surface area contributed by atoms with Gasteiger partial charge >= 0.3 is 0 Å². The van der Waals surface area contributed by atoms with Gasteiger partial charge in [0.1, 0.15) is 5.82 Å². The highest BCUT2D eigenvalue weighted by atomic mass is 79.9. The van der Waals surface area contributed by atoms with Crippen LogP contribution in [0.1, 0.15) is 18.4 Å². The summed E-state index contributed by atoms with van der Waals surface area (Å²) in [6.07, 6.45) is 5.32. The van der Waals surface area contributed by atoms with E-state index in [4.69, 9.17) is 0 Å². The zero-order valence-corrected chi connectivity index (χ0v) is 10.1. The molecule has 0 unspecified atom stereocenters. The number of alkyl halides is 1. The van der Waals surface area contributed by atoms with Crippen LogP contribution in [-0.2, 0) is 6.54 Å². The van der Waals surface area contributed by atoms with Crippen LogP contribution in [0.15, 0.2) is 18.5 Å². The Morgan fingerprint density at radius 2 is 2.13 bits per heavy atom. The molecule has 1 aliphatic rings. The number of hydrogen-bond acceptors (Lipinski definition) is 2. The summed E-state index contributed by atoms with van der Waals surface area (Å²) in [4.78, 5) is 6.85. The molecule has 0 spiro atoms. The summed E-state index contributed by atoms with van der Waals surface area (Å²) in [6.45, 7) is 2.96. The van der Waals surface area contributed by atoms with Gasteiger partial charge in [0.15, 0.2) is 0 Å². The van der Waals surface area contributed by atoms with Crippen molar-refractivity contribution in [1.82, 2.24) is 9.88 Å². The summed E-state index contributed by atoms with van der Waals surface area (Å²) in [5.74, 6) is -0.247. The zero-order valence-electron chi connectivity index (χ0n) is 8.50. The van der Waals surface area contributed by atoms with Crippen LogP contribution >= 0.6 is 15.9 Å². The van der Waals surface area contributed by atoms with Gasteiger partial charge in [-0.15, -0.1) is 0 Å². The van der Waals surface area contributed by atoms with Crippen molar-refractivity contribution in [2.75, 3.05) is 13.1 Å². The standard InChI is InChI=1S/C11H14BrFN2/c12-10-1-3-15(4-2-10)8-9-5-11(13)7-14-6-9/h5-7,10H,1-4,8H2. The van der Waals surface area contributed by atoms with Crippen molar-refractivity contribution < 1.29 is 4.39 Å². The maximum atomic E-state index is 12.9. The minimum Gasteiger partial charge on any atom is -0.299 e. The highest BCUT2D eigenvalue weighted by Gasteiger charge is 2.16. The van der Waals surface area contributed by atoms with Gasteiger partial charge in [-0.1, -0.05) is 15.9 Å². The molecule has 0 bridgehead atoms. The molecule has 1 fully saturated rings. The van der Waals surface area contributed by atoms with Crippen LogP contribution in [0.3, 0.4) is 0 Å². The lowest BCUT2D eigenvalue weighted by Crippen LogP contribution is -2.33. The SMILES string of the molecule is Fc1cncc(CN2CCC(Br)CC2)c1. The first kappa shape index (κ1) is 11.0. The van der Waals surface area contributed by atoms with E-state index in [9.17, 15) is 4.39 Å². The molecule has 0 N–H and O–H groups in total. The third-order valence-electron chi connectivity index (χ3n) is 2.68. The second-order valence-corrected chi connectivity index (χ2v) is 5.26. The van der Waals surface area contributed by atoms with Gasteiger partial charge < -0.3 is 0 Å². The normalized spacial score (nSPS) is 19.3. The lowest BCUT2D eigenvalue weighted by Gasteiger charge is -2.29. The largest absolute Gasteiger partial charge is 0.299 e. The summed E-state index contributed by atoms with van der Waals surface area (Å²) in [6, 6.07) is 1.56. The first-order chi connectivity index (χ1) is 7.24. The van der Waals surface area contributed by atoms with Gasteiger partial charge in [-0.05, 0) is 37.6 Å². The van der Waals surface area contributed by atoms with Crippen LogP contribution in [0.5, 0.6) is 0 Å². The molecule has 1 aromatic rings. The Labute approximate surface area is 97.6 Å². The summed E-state index contributed by atoms with van der Waals surface area (Å²) in [5.41, 5.74) is 0.961. The molecule has 0 radical (unpaired) electrons. The Hall–Kier alpha value is -0.480. The second-order valence-electron chi connectivity index (χ2n) is 3.96. The Morgan fingerprint density at radius 3 is 2.80 bits per heavy atom. The third kappa shape index (κ3) is 3.24. The molecule has 15 heavy (non-hydrogen) atoms. The van der Waals surface area contributed by atoms with Crippen molar-refractivity contribution >= 4 is 15.9 Å². The number of halogens is 2. The predicted molar refractivity (Wildman–Crippen MR) is 61.4 cm³/mol. The van der Waals surface area contributed by atoms with E-state index in [2.05, 4.69) is 25.8 Å². The van der Waals surface area contributed by atoms with Crippen molar-refractivity contribution in [3.63, 3.8) is 0 Å². The van der Waals surface area contributed by atoms with Crippen LogP contribution in [0.4, 0.5) is 4.39 Å². The van der Waals surface area contributed by atoms with E-state index in [-0.39, 0.29) is 5.82 Å². The van der Waals surface area contributed by atoms with Crippen LogP contribution in [0.25, 0.3) is 0 Å². The number of hydrogen-bond donors (Lipinski definition) is 0. The highest BCUT2D eigenvalue weighted by molar-refractivity contribution is 9.09. The number of likely N-dealkylation sites (tertiary alicyclic amines) is 1. The van der Waals surface area contributed by atoms with Gasteiger partial charge in [0.05, 0.1) is 6.20 Å². The molecule has 2 nitrogen and oxygen atoms in total. The second kappa shape index (κ2) is 5.03. The molecule has 82 valence electrons. The number of pyridine rings is 1. The first-order valence-corrected chi connectivity index (χ1v) is 6.11. The molecular weight excluding hydrogens is 259 g/mol. The molecular formula is C11H14BrFN2. The molecule has 1 aliphatic heterocycles. The van der Waals surface area contributed by atoms with Gasteiger partial charge in [-0.25, -0.2) is 4.39 Å². The lowest BCUT2D eigenvalue weighted by molar-refractivity contribution is 0.225. The van der Waals surface area contributed by atoms with Crippen molar-refractivity contribution in [3.05, 3.63) is 29.8 Å². The lowest BCUT2D eigenvalue weighted by atomic mass is 10.1. The molecule has 4 heteroatoms. The molecule has 1 aromatic heterocycles. The average Bonchev–Trinajstić information content (AvgIpc) is 2.22. The number of nitrogens with zero attached hydrogens (tertiary/aromatic N) is 2. The fourth-order valence-corrected chi connectivity index (χ4v) is 2.27. The van der Waals surface area contributed by atoms with Crippen molar-refractivity contribution in [3.8, 4) is 0 Å². The van der Waals surface area contributed by atoms with Gasteiger partial charge in [-0.2, -0.15) is 0 Å². The van der Waals surface area contributed by atoms with E-state index in [1.807, 2.05) is 0 Å². The van der Waals surface area contributed by atoms with Crippen LogP contribution < -0.4 is 0 Å². The van der Waals surface area contributed by atoms with Crippen LogP contribution in [-0.4, -0.2) is 27.8 Å². The van der Waals surface area contributed by atoms with E-state index in [1.54, 1.807) is 12.3 Å². The molecule has 0 atom stereocenters. The molecule has 0 amide bonds. The number of piperidine rings is 1. The fourth-order valence-electron chi connectivity index (χ4n) is 1.86. The van der Waals surface area contributed by atoms with E-state index in [0.717, 1.165) is 25.2 Å². The first-order valence-electron chi connectivity index (χ1n) is 5.20. The molecule has 0 saturated carbocycles. The molecule has 1 saturated heterocycles. The number of aromatic nitrogens is 1. The van der Waals surface area contributed by atoms with Gasteiger partial charge in [0.2, 0.25) is 0 Å². The predicted octanol–water partition coefficient (Wildman–Crippen LogP) is 2.58. The van der Waals surface area contributed by atoms with E-state index in [1.165, 1.54) is 19.0 Å². The highest BCUT2D eigenvalue weighted by Crippen LogP contribution is 2.18. The van der Waals surface area contributed by atoms with Crippen LogP contribution in [0, 0.1) is 5.82 Å². The fraction of sp³-hybridized carbons (Fsp3) is 0.545. The molecule has 2 heterocycles. The van der Waals surface area contributed by atoms with E-state index in [0.29, 0.717) is 4.83 Å². The Balaban J connectivity index is 1.92. The summed E-state index contributed by atoms with van der Waals surface area (Å²) < 4.78 is 12.9. The van der Waals surface area contributed by atoms with Gasteiger partial charge in [-0.3, -0.25) is 9.88 Å².